The quantitative estimate of drug-likeness (QED) is 0.244. The summed E-state index contributed by atoms with van der Waals surface area (Å²) < 4.78 is 6.19. The second-order valence-electron chi connectivity index (χ2n) is 9.50. The second kappa shape index (κ2) is 9.11. The van der Waals surface area contributed by atoms with E-state index in [0.717, 1.165) is 50.4 Å². The molecule has 0 amide bonds. The monoisotopic (exact) mass is 527 g/mol. The predicted molar refractivity (Wildman–Crippen MR) is 155 cm³/mol. The first-order chi connectivity index (χ1) is 19.1. The van der Waals surface area contributed by atoms with Gasteiger partial charge in [-0.1, -0.05) is 66.7 Å². The molecule has 0 radical (unpaired) electrons. The molecule has 8 heteroatoms. The van der Waals surface area contributed by atoms with Gasteiger partial charge in [-0.25, -0.2) is 18.9 Å². The highest BCUT2D eigenvalue weighted by Gasteiger charge is 2.23. The van der Waals surface area contributed by atoms with E-state index in [2.05, 4.69) is 26.8 Å². The van der Waals surface area contributed by atoms with Crippen molar-refractivity contribution in [1.29, 1.82) is 0 Å². The number of rotatable bonds is 4. The topological polar surface area (TPSA) is 71.9 Å². The number of hydrogen-bond acceptors (Lipinski definition) is 4. The van der Waals surface area contributed by atoms with Gasteiger partial charge in [-0.15, -0.1) is 0 Å². The average molecular weight is 528 g/mol. The molecule has 188 valence electrons. The summed E-state index contributed by atoms with van der Waals surface area (Å²) in [4.78, 5) is 22.9. The third-order valence-electron chi connectivity index (χ3n) is 7.07. The Labute approximate surface area is 228 Å². The van der Waals surface area contributed by atoms with E-state index in [1.165, 1.54) is 0 Å². The maximum Gasteiger partial charge on any atom is 0.345 e. The van der Waals surface area contributed by atoms with Gasteiger partial charge in [0.25, 0.3) is 5.82 Å². The van der Waals surface area contributed by atoms with Crippen molar-refractivity contribution in [3.63, 3.8) is 0 Å². The molecule has 1 N–H and O–H groups in total. The summed E-state index contributed by atoms with van der Waals surface area (Å²) in [5.74, 6) is 1.59. The fourth-order valence-electron chi connectivity index (χ4n) is 5.30. The highest BCUT2D eigenvalue weighted by atomic mass is 32.1. The summed E-state index contributed by atoms with van der Waals surface area (Å²) in [6.45, 7) is 0.548. The van der Waals surface area contributed by atoms with Gasteiger partial charge < -0.3 is 0 Å². The van der Waals surface area contributed by atoms with Gasteiger partial charge in [0.15, 0.2) is 11.5 Å². The minimum Gasteiger partial charge on any atom is -0.265 e. The highest BCUT2D eigenvalue weighted by Crippen LogP contribution is 2.26. The van der Waals surface area contributed by atoms with Crippen molar-refractivity contribution in [2.24, 2.45) is 7.05 Å². The van der Waals surface area contributed by atoms with Gasteiger partial charge in [0.1, 0.15) is 17.4 Å². The predicted octanol–water partition coefficient (Wildman–Crippen LogP) is 5.46. The van der Waals surface area contributed by atoms with E-state index in [-0.39, 0.29) is 5.56 Å². The zero-order valence-corrected chi connectivity index (χ0v) is 21.9. The first-order valence-electron chi connectivity index (χ1n) is 12.6. The van der Waals surface area contributed by atoms with Crippen LogP contribution in [0.1, 0.15) is 5.56 Å². The smallest absolute Gasteiger partial charge is 0.265 e. The van der Waals surface area contributed by atoms with Crippen LogP contribution in [-0.2, 0) is 13.6 Å². The Hall–Kier alpha value is -4.95. The molecular formula is C31H23N6OS+. The van der Waals surface area contributed by atoms with Crippen LogP contribution in [0.2, 0.25) is 0 Å². The third-order valence-corrected chi connectivity index (χ3v) is 7.26. The van der Waals surface area contributed by atoms with Gasteiger partial charge in [0, 0.05) is 10.9 Å². The van der Waals surface area contributed by atoms with Crippen LogP contribution in [0.3, 0.4) is 0 Å². The number of nitrogens with zero attached hydrogens (tertiary/aromatic N) is 5. The van der Waals surface area contributed by atoms with Crippen molar-refractivity contribution in [3.05, 3.63) is 124 Å². The Morgan fingerprint density at radius 1 is 0.821 bits per heavy atom. The van der Waals surface area contributed by atoms with Crippen molar-refractivity contribution in [1.82, 2.24) is 24.1 Å². The summed E-state index contributed by atoms with van der Waals surface area (Å²) in [5.41, 5.74) is 5.41. The van der Waals surface area contributed by atoms with Gasteiger partial charge in [-0.05, 0) is 54.2 Å². The van der Waals surface area contributed by atoms with Crippen molar-refractivity contribution in [2.75, 3.05) is 0 Å². The molecule has 0 saturated heterocycles. The van der Waals surface area contributed by atoms with Crippen molar-refractivity contribution < 1.29 is 4.57 Å². The molecule has 7 nitrogen and oxygen atoms in total. The first kappa shape index (κ1) is 23.2. The molecular weight excluding hydrogens is 504 g/mol. The lowest BCUT2D eigenvalue weighted by Gasteiger charge is -2.13. The maximum atomic E-state index is 13.3. The van der Waals surface area contributed by atoms with Crippen LogP contribution in [0, 0.1) is 4.77 Å². The SMILES string of the molecule is Cn1c(-c2ccccc2)[n+](Cc2ccc3nc(-c4ccccc4)n4[nH]c(=S)nc4c3c2)c2ccccc2c1=O. The van der Waals surface area contributed by atoms with Crippen LogP contribution < -0.4 is 10.1 Å². The number of benzene rings is 4. The summed E-state index contributed by atoms with van der Waals surface area (Å²) >= 11 is 5.42. The Balaban J connectivity index is 1.46. The van der Waals surface area contributed by atoms with Crippen molar-refractivity contribution in [3.8, 4) is 22.8 Å². The minimum absolute atomic E-state index is 0.0236. The van der Waals surface area contributed by atoms with Crippen molar-refractivity contribution in [2.45, 2.75) is 6.54 Å². The van der Waals surface area contributed by atoms with Crippen LogP contribution in [0.4, 0.5) is 0 Å². The molecule has 7 aromatic rings. The number of para-hydroxylation sites is 1. The molecule has 39 heavy (non-hydrogen) atoms. The van der Waals surface area contributed by atoms with Crippen LogP contribution in [0.25, 0.3) is 50.2 Å². The summed E-state index contributed by atoms with van der Waals surface area (Å²) in [5, 5.41) is 4.75. The first-order valence-corrected chi connectivity index (χ1v) is 13.0. The van der Waals surface area contributed by atoms with Gasteiger partial charge >= 0.3 is 5.56 Å². The molecule has 0 saturated carbocycles. The van der Waals surface area contributed by atoms with E-state index in [1.807, 2.05) is 103 Å². The molecule has 0 spiro atoms. The van der Waals surface area contributed by atoms with E-state index in [1.54, 1.807) is 4.57 Å². The van der Waals surface area contributed by atoms with E-state index in [9.17, 15) is 4.79 Å². The summed E-state index contributed by atoms with van der Waals surface area (Å²) in [6, 6.07) is 34.0. The number of aromatic amines is 1. The molecule has 0 bridgehead atoms. The average Bonchev–Trinajstić information content (AvgIpc) is 3.38. The number of aromatic nitrogens is 6. The molecule has 0 aliphatic carbocycles. The van der Waals surface area contributed by atoms with Gasteiger partial charge in [-0.2, -0.15) is 9.55 Å². The summed E-state index contributed by atoms with van der Waals surface area (Å²) in [7, 11) is 1.83. The molecule has 7 rings (SSSR count). The van der Waals surface area contributed by atoms with Crippen LogP contribution in [0.15, 0.2) is 108 Å². The van der Waals surface area contributed by atoms with Crippen LogP contribution in [0.5, 0.6) is 0 Å². The molecule has 3 heterocycles. The van der Waals surface area contributed by atoms with E-state index < -0.39 is 0 Å². The van der Waals surface area contributed by atoms with E-state index in [0.29, 0.717) is 16.7 Å². The van der Waals surface area contributed by atoms with Crippen LogP contribution >= 0.6 is 12.2 Å². The summed E-state index contributed by atoms with van der Waals surface area (Å²) in [6.07, 6.45) is 0. The van der Waals surface area contributed by atoms with Gasteiger partial charge in [-0.3, -0.25) is 5.10 Å². The van der Waals surface area contributed by atoms with Gasteiger partial charge in [0.05, 0.1) is 18.1 Å². The number of H-pyrrole nitrogens is 1. The second-order valence-corrected chi connectivity index (χ2v) is 9.88. The maximum absolute atomic E-state index is 13.3. The Bertz CT molecular complexity index is 2150. The molecule has 0 atom stereocenters. The minimum atomic E-state index is -0.0236. The standard InChI is InChI=1S/C31H22N6OS/c1-35-29(22-12-6-3-7-13-22)36(26-15-9-8-14-23(26)30(35)38)19-20-16-17-25-24(18-20)28-33-31(39)34-37(28)27(32-25)21-10-4-2-5-11-21/h2-18H,19H2,1H3/p+1. The fraction of sp³-hybridized carbons (Fsp3) is 0.0645. The largest absolute Gasteiger partial charge is 0.345 e. The Morgan fingerprint density at radius 2 is 1.51 bits per heavy atom. The third kappa shape index (κ3) is 3.84. The number of fused-ring (bicyclic) bond motifs is 4. The van der Waals surface area contributed by atoms with E-state index in [4.69, 9.17) is 17.2 Å². The van der Waals surface area contributed by atoms with Gasteiger partial charge in [0.2, 0.25) is 4.77 Å². The lowest BCUT2D eigenvalue weighted by Crippen LogP contribution is -2.44. The van der Waals surface area contributed by atoms with E-state index >= 15 is 0 Å². The Kier molecular flexibility index (Phi) is 5.42. The number of nitrogens with one attached hydrogen (secondary N) is 1. The normalized spacial score (nSPS) is 11.5. The zero-order chi connectivity index (χ0) is 26.5. The highest BCUT2D eigenvalue weighted by molar-refractivity contribution is 7.71. The molecule has 0 unspecified atom stereocenters. The van der Waals surface area contributed by atoms with Crippen LogP contribution in [-0.4, -0.2) is 24.1 Å². The number of hydrogen-bond donors (Lipinski definition) is 1. The fourth-order valence-corrected chi connectivity index (χ4v) is 5.48. The molecule has 4 aromatic carbocycles. The molecule has 0 aliphatic rings. The zero-order valence-electron chi connectivity index (χ0n) is 21.1. The lowest BCUT2D eigenvalue weighted by atomic mass is 10.1. The Morgan fingerprint density at radius 3 is 2.28 bits per heavy atom. The molecule has 3 aromatic heterocycles. The lowest BCUT2D eigenvalue weighted by molar-refractivity contribution is -0.655. The van der Waals surface area contributed by atoms with Crippen molar-refractivity contribution >= 4 is 39.7 Å². The molecule has 0 fully saturated rings. The molecule has 0 aliphatic heterocycles.